The van der Waals surface area contributed by atoms with Crippen molar-refractivity contribution in [2.24, 2.45) is 5.92 Å². The van der Waals surface area contributed by atoms with Gasteiger partial charge in [-0.15, -0.1) is 0 Å². The summed E-state index contributed by atoms with van der Waals surface area (Å²) in [5, 5.41) is 10.8. The third-order valence-corrected chi connectivity index (χ3v) is 8.93. The lowest BCUT2D eigenvalue weighted by atomic mass is 9.93. The Hall–Kier alpha value is -4.44. The van der Waals surface area contributed by atoms with Crippen LogP contribution in [-0.2, 0) is 36.8 Å². The van der Waals surface area contributed by atoms with Crippen LogP contribution in [0.1, 0.15) is 70.9 Å². The number of hydrogen-bond acceptors (Lipinski definition) is 5. The van der Waals surface area contributed by atoms with Crippen LogP contribution in [0.2, 0.25) is 0 Å². The molecule has 0 spiro atoms. The van der Waals surface area contributed by atoms with Crippen LogP contribution in [0.4, 0.5) is 0 Å². The summed E-state index contributed by atoms with van der Waals surface area (Å²) in [4.78, 5) is 61.1. The molecule has 0 saturated carbocycles. The fourth-order valence-corrected chi connectivity index (χ4v) is 6.13. The van der Waals surface area contributed by atoms with E-state index in [1.54, 1.807) is 6.92 Å². The number of fused-ring (bicyclic) bond motifs is 2. The first-order valence-electron chi connectivity index (χ1n) is 16.8. The predicted molar refractivity (Wildman–Crippen MR) is 183 cm³/mol. The Morgan fingerprint density at radius 3 is 1.81 bits per heavy atom. The minimum absolute atomic E-state index is 0.136. The van der Waals surface area contributed by atoms with Gasteiger partial charge in [-0.05, 0) is 48.9 Å². The van der Waals surface area contributed by atoms with Crippen molar-refractivity contribution in [1.82, 2.24) is 25.9 Å². The number of hydrogen-bond donors (Lipinski definition) is 5. The largest absolute Gasteiger partial charge is 0.361 e. The molecule has 250 valence electrons. The maximum atomic E-state index is 14.1. The monoisotopic (exact) mass is 641 g/mol. The Morgan fingerprint density at radius 1 is 0.787 bits per heavy atom. The van der Waals surface area contributed by atoms with Crippen LogP contribution in [0, 0.1) is 5.92 Å². The van der Waals surface area contributed by atoms with Crippen LogP contribution >= 0.6 is 0 Å². The Kier molecular flexibility index (Phi) is 10.8. The third-order valence-electron chi connectivity index (χ3n) is 8.93. The molecule has 4 unspecified atom stereocenters. The van der Waals surface area contributed by atoms with E-state index in [-0.39, 0.29) is 30.4 Å². The number of ether oxygens (including phenoxy) is 1. The molecule has 0 bridgehead atoms. The van der Waals surface area contributed by atoms with E-state index in [0.717, 1.165) is 52.2 Å². The number of para-hydroxylation sites is 2. The number of amides is 3. The summed E-state index contributed by atoms with van der Waals surface area (Å²) in [5.41, 5.74) is 2.67. The first kappa shape index (κ1) is 33.9. The number of carbonyl (C=O) groups is 4. The van der Waals surface area contributed by atoms with Crippen molar-refractivity contribution < 1.29 is 23.9 Å². The van der Waals surface area contributed by atoms with Gasteiger partial charge in [0.15, 0.2) is 5.78 Å². The van der Waals surface area contributed by atoms with Gasteiger partial charge in [-0.25, -0.2) is 0 Å². The van der Waals surface area contributed by atoms with Crippen molar-refractivity contribution in [2.75, 3.05) is 6.61 Å². The van der Waals surface area contributed by atoms with E-state index < -0.39 is 35.5 Å². The van der Waals surface area contributed by atoms with E-state index in [9.17, 15) is 19.2 Å². The number of nitrogens with one attached hydrogen (secondary N) is 5. The molecule has 2 aromatic heterocycles. The summed E-state index contributed by atoms with van der Waals surface area (Å²) < 4.78 is 5.43. The summed E-state index contributed by atoms with van der Waals surface area (Å²) in [6, 6.07) is 12.9. The molecule has 2 aromatic carbocycles. The first-order chi connectivity index (χ1) is 22.6. The molecule has 3 heterocycles. The molecule has 1 fully saturated rings. The number of H-pyrrole nitrogens is 2. The molecular weight excluding hydrogens is 594 g/mol. The van der Waals surface area contributed by atoms with Crippen molar-refractivity contribution in [3.63, 3.8) is 0 Å². The SMILES string of the molecule is CCCCCC(=O)NC(Cc1c[nH]c2ccccc12)C(=O)NC(Cc1c[nH]c2ccccc12)C(=O)NC(CC(C)C)C(=O)C1(C)CO1. The molecule has 5 rings (SSSR count). The maximum absolute atomic E-state index is 14.1. The highest BCUT2D eigenvalue weighted by Gasteiger charge is 2.50. The fourth-order valence-electron chi connectivity index (χ4n) is 6.13. The van der Waals surface area contributed by atoms with Crippen LogP contribution in [0.15, 0.2) is 60.9 Å². The van der Waals surface area contributed by atoms with Crippen LogP contribution in [0.5, 0.6) is 0 Å². The van der Waals surface area contributed by atoms with Gasteiger partial charge >= 0.3 is 0 Å². The van der Waals surface area contributed by atoms with E-state index in [2.05, 4.69) is 32.8 Å². The smallest absolute Gasteiger partial charge is 0.243 e. The average Bonchev–Trinajstić information content (AvgIpc) is 3.48. The molecule has 0 aliphatic carbocycles. The van der Waals surface area contributed by atoms with Gasteiger partial charge in [0, 0.05) is 53.5 Å². The minimum atomic E-state index is -1.01. The molecule has 47 heavy (non-hydrogen) atoms. The number of aromatic amines is 2. The van der Waals surface area contributed by atoms with Gasteiger partial charge in [-0.3, -0.25) is 19.2 Å². The number of aromatic nitrogens is 2. The molecule has 3 amide bonds. The maximum Gasteiger partial charge on any atom is 0.243 e. The van der Waals surface area contributed by atoms with Gasteiger partial charge in [-0.2, -0.15) is 0 Å². The lowest BCUT2D eigenvalue weighted by molar-refractivity contribution is -0.134. The molecule has 1 aliphatic heterocycles. The second kappa shape index (κ2) is 15.0. The summed E-state index contributed by atoms with van der Waals surface area (Å²) >= 11 is 0. The number of carbonyl (C=O) groups excluding carboxylic acids is 4. The van der Waals surface area contributed by atoms with Crippen molar-refractivity contribution in [3.8, 4) is 0 Å². The zero-order chi connectivity index (χ0) is 33.6. The Balaban J connectivity index is 1.42. The quantitative estimate of drug-likeness (QED) is 0.0824. The topological polar surface area (TPSA) is 148 Å². The van der Waals surface area contributed by atoms with Crippen LogP contribution < -0.4 is 16.0 Å². The van der Waals surface area contributed by atoms with Crippen molar-refractivity contribution in [1.29, 1.82) is 0 Å². The average molecular weight is 642 g/mol. The van der Waals surface area contributed by atoms with Gasteiger partial charge in [0.05, 0.1) is 12.6 Å². The van der Waals surface area contributed by atoms with E-state index >= 15 is 0 Å². The van der Waals surface area contributed by atoms with Gasteiger partial charge in [0.2, 0.25) is 17.7 Å². The lowest BCUT2D eigenvalue weighted by Gasteiger charge is -2.26. The second-order valence-corrected chi connectivity index (χ2v) is 13.3. The molecule has 10 heteroatoms. The normalized spacial score (nSPS) is 17.7. The van der Waals surface area contributed by atoms with Gasteiger partial charge < -0.3 is 30.7 Å². The number of unbranched alkanes of at least 4 members (excludes halogenated alkanes) is 2. The molecule has 1 saturated heterocycles. The van der Waals surface area contributed by atoms with E-state index in [0.29, 0.717) is 19.4 Å². The molecule has 4 atom stereocenters. The Bertz CT molecular complexity index is 1720. The minimum Gasteiger partial charge on any atom is -0.361 e. The van der Waals surface area contributed by atoms with Gasteiger partial charge in [0.1, 0.15) is 17.7 Å². The number of ketones is 1. The Labute approximate surface area is 275 Å². The highest BCUT2D eigenvalue weighted by Crippen LogP contribution is 2.30. The summed E-state index contributed by atoms with van der Waals surface area (Å²) in [6.45, 7) is 8.11. The first-order valence-corrected chi connectivity index (χ1v) is 16.8. The van der Waals surface area contributed by atoms with Crippen LogP contribution in [0.3, 0.4) is 0 Å². The standard InChI is InChI=1S/C37H47N5O5/c1-5-6-7-16-33(43)40-31(18-24-20-38-28-14-10-8-12-26(24)28)35(45)42-32(19-25-21-39-29-15-11-9-13-27(25)29)36(46)41-30(17-23(2)3)34(44)37(4)22-47-37/h8-15,20-21,23,30-32,38-39H,5-7,16-19,22H2,1-4H3,(H,40,43)(H,41,46)(H,42,45). The van der Waals surface area contributed by atoms with E-state index in [4.69, 9.17) is 4.74 Å². The van der Waals surface area contributed by atoms with Crippen LogP contribution in [-0.4, -0.2) is 63.8 Å². The second-order valence-electron chi connectivity index (χ2n) is 13.3. The molecule has 1 aliphatic rings. The fraction of sp³-hybridized carbons (Fsp3) is 0.459. The van der Waals surface area contributed by atoms with Crippen molar-refractivity contribution in [2.45, 2.75) is 96.4 Å². The molecule has 0 radical (unpaired) electrons. The molecular formula is C37H47N5O5. The number of epoxide rings is 1. The summed E-state index contributed by atoms with van der Waals surface area (Å²) in [6.07, 6.45) is 7.48. The Morgan fingerprint density at radius 2 is 1.30 bits per heavy atom. The van der Waals surface area contributed by atoms with Crippen molar-refractivity contribution in [3.05, 3.63) is 72.1 Å². The number of benzene rings is 2. The highest BCUT2D eigenvalue weighted by molar-refractivity contribution is 5.99. The highest BCUT2D eigenvalue weighted by atomic mass is 16.6. The predicted octanol–water partition coefficient (Wildman–Crippen LogP) is 4.87. The molecule has 10 nitrogen and oxygen atoms in total. The van der Waals surface area contributed by atoms with Crippen LogP contribution in [0.25, 0.3) is 21.8 Å². The third kappa shape index (κ3) is 8.48. The van der Waals surface area contributed by atoms with Crippen molar-refractivity contribution >= 4 is 45.3 Å². The summed E-state index contributed by atoms with van der Waals surface area (Å²) in [5.74, 6) is -1.18. The van der Waals surface area contributed by atoms with E-state index in [1.165, 1.54) is 0 Å². The van der Waals surface area contributed by atoms with E-state index in [1.807, 2.05) is 74.8 Å². The molecule has 5 N–H and O–H groups in total. The molecule has 4 aromatic rings. The summed E-state index contributed by atoms with van der Waals surface area (Å²) in [7, 11) is 0. The number of Topliss-reactive ketones (excluding diaryl/α,β-unsaturated/α-hetero) is 1. The zero-order valence-electron chi connectivity index (χ0n) is 27.8. The zero-order valence-corrected chi connectivity index (χ0v) is 27.8. The number of rotatable bonds is 17. The lowest BCUT2D eigenvalue weighted by Crippen LogP contribution is -2.57. The van der Waals surface area contributed by atoms with Gasteiger partial charge in [0.25, 0.3) is 0 Å². The van der Waals surface area contributed by atoms with Gasteiger partial charge in [-0.1, -0.05) is 70.0 Å².